The van der Waals surface area contributed by atoms with E-state index >= 15 is 0 Å². The summed E-state index contributed by atoms with van der Waals surface area (Å²) in [4.78, 5) is 16.6. The van der Waals surface area contributed by atoms with Crippen LogP contribution in [0, 0.1) is 0 Å². The summed E-state index contributed by atoms with van der Waals surface area (Å²) in [5.74, 6) is 3.76. The van der Waals surface area contributed by atoms with Gasteiger partial charge in [-0.25, -0.2) is 0 Å². The van der Waals surface area contributed by atoms with E-state index in [4.69, 9.17) is 4.52 Å². The van der Waals surface area contributed by atoms with Crippen molar-refractivity contribution in [2.75, 3.05) is 0 Å². The molecule has 1 atom stereocenters. The average Bonchev–Trinajstić information content (AvgIpc) is 3.19. The van der Waals surface area contributed by atoms with Gasteiger partial charge in [-0.05, 0) is 6.42 Å². The fraction of sp³-hybridized carbons (Fsp3) is 0.706. The van der Waals surface area contributed by atoms with Crippen LogP contribution in [0.25, 0.3) is 0 Å². The summed E-state index contributed by atoms with van der Waals surface area (Å²) in [6.45, 7) is 8.97. The quantitative estimate of drug-likeness (QED) is 0.858. The van der Waals surface area contributed by atoms with Gasteiger partial charge in [0.05, 0.1) is 0 Å². The lowest BCUT2D eigenvalue weighted by Crippen LogP contribution is -2.41. The van der Waals surface area contributed by atoms with Crippen LogP contribution in [0.15, 0.2) is 4.52 Å². The van der Waals surface area contributed by atoms with Gasteiger partial charge in [0.25, 0.3) is 0 Å². The van der Waals surface area contributed by atoms with E-state index in [0.717, 1.165) is 31.0 Å². The van der Waals surface area contributed by atoms with Crippen LogP contribution in [-0.2, 0) is 24.2 Å². The van der Waals surface area contributed by atoms with E-state index in [9.17, 15) is 4.79 Å². The van der Waals surface area contributed by atoms with E-state index in [1.54, 1.807) is 0 Å². The normalized spacial score (nSPS) is 17.1. The molecule has 25 heavy (non-hydrogen) atoms. The van der Waals surface area contributed by atoms with Crippen LogP contribution in [0.3, 0.4) is 0 Å². The highest BCUT2D eigenvalue weighted by atomic mass is 16.5. The van der Waals surface area contributed by atoms with Crippen molar-refractivity contribution in [2.24, 2.45) is 0 Å². The zero-order valence-corrected chi connectivity index (χ0v) is 15.3. The maximum absolute atomic E-state index is 12.3. The van der Waals surface area contributed by atoms with Crippen LogP contribution in [0.2, 0.25) is 0 Å². The first-order chi connectivity index (χ1) is 11.9. The van der Waals surface area contributed by atoms with Crippen LogP contribution in [0.1, 0.15) is 75.7 Å². The van der Waals surface area contributed by atoms with E-state index in [1.165, 1.54) is 0 Å². The molecule has 1 amide bonds. The van der Waals surface area contributed by atoms with Gasteiger partial charge in [-0.15, -0.1) is 10.2 Å². The predicted octanol–water partition coefficient (Wildman–Crippen LogP) is 1.97. The zero-order chi connectivity index (χ0) is 18.0. The van der Waals surface area contributed by atoms with Gasteiger partial charge in [-0.1, -0.05) is 32.9 Å². The topological polar surface area (TPSA) is 98.7 Å². The van der Waals surface area contributed by atoms with E-state index in [1.807, 2.05) is 13.8 Å². The molecule has 8 nitrogen and oxygen atoms in total. The lowest BCUT2D eigenvalue weighted by molar-refractivity contribution is -0.122. The molecule has 3 rings (SSSR count). The van der Waals surface area contributed by atoms with Crippen LogP contribution >= 0.6 is 0 Å². The van der Waals surface area contributed by atoms with Crippen molar-refractivity contribution in [1.82, 2.24) is 30.2 Å². The minimum absolute atomic E-state index is 0.0110. The number of hydrogen-bond acceptors (Lipinski definition) is 6. The number of fused-ring (bicyclic) bond motifs is 1. The van der Waals surface area contributed by atoms with Gasteiger partial charge < -0.3 is 14.4 Å². The molecule has 0 fully saturated rings. The van der Waals surface area contributed by atoms with E-state index in [-0.39, 0.29) is 17.9 Å². The van der Waals surface area contributed by atoms with Gasteiger partial charge in [0.2, 0.25) is 11.8 Å². The number of nitrogens with one attached hydrogen (secondary N) is 1. The van der Waals surface area contributed by atoms with Crippen LogP contribution in [0.5, 0.6) is 0 Å². The fourth-order valence-electron chi connectivity index (χ4n) is 3.02. The maximum atomic E-state index is 12.3. The Hall–Kier alpha value is -2.25. The Morgan fingerprint density at radius 3 is 2.76 bits per heavy atom. The Kier molecular flexibility index (Phi) is 5.15. The van der Waals surface area contributed by atoms with Crippen LogP contribution in [-0.4, -0.2) is 36.9 Å². The standard InChI is InChI=1S/C17H26N6O2/c1-10(2)16-19-15(25-22-16)8-7-14(24)18-12-5-6-13-20-21-17(11(3)4)23(13)9-12/h10-12H,5-9H2,1-4H3,(H,18,24). The first-order valence-corrected chi connectivity index (χ1v) is 8.97. The minimum Gasteiger partial charge on any atom is -0.352 e. The van der Waals surface area contributed by atoms with E-state index in [2.05, 4.69) is 44.1 Å². The van der Waals surface area contributed by atoms with Crippen molar-refractivity contribution in [1.29, 1.82) is 0 Å². The number of nitrogens with zero attached hydrogens (tertiary/aromatic N) is 5. The van der Waals surface area contributed by atoms with Gasteiger partial charge in [-0.2, -0.15) is 4.98 Å². The molecule has 0 saturated heterocycles. The van der Waals surface area contributed by atoms with Gasteiger partial charge in [0.15, 0.2) is 5.82 Å². The molecular formula is C17H26N6O2. The molecule has 0 bridgehead atoms. The second-order valence-corrected chi connectivity index (χ2v) is 7.24. The number of aryl methyl sites for hydroxylation is 2. The monoisotopic (exact) mass is 346 g/mol. The fourth-order valence-corrected chi connectivity index (χ4v) is 3.02. The molecule has 2 aromatic rings. The SMILES string of the molecule is CC(C)c1noc(CCC(=O)NC2CCc3nnc(C(C)C)n3C2)n1. The highest BCUT2D eigenvalue weighted by Crippen LogP contribution is 2.20. The number of amides is 1. The van der Waals surface area contributed by atoms with Crippen LogP contribution < -0.4 is 5.32 Å². The molecule has 0 radical (unpaired) electrons. The molecule has 1 aliphatic rings. The van der Waals surface area contributed by atoms with Crippen molar-refractivity contribution < 1.29 is 9.32 Å². The summed E-state index contributed by atoms with van der Waals surface area (Å²) in [5.41, 5.74) is 0. The van der Waals surface area contributed by atoms with Gasteiger partial charge in [-0.3, -0.25) is 4.79 Å². The van der Waals surface area contributed by atoms with Gasteiger partial charge >= 0.3 is 0 Å². The molecule has 1 aliphatic heterocycles. The third-order valence-corrected chi connectivity index (χ3v) is 4.42. The number of hydrogen-bond donors (Lipinski definition) is 1. The smallest absolute Gasteiger partial charge is 0.227 e. The number of rotatable bonds is 6. The van der Waals surface area contributed by atoms with Crippen molar-refractivity contribution in [3.63, 3.8) is 0 Å². The summed E-state index contributed by atoms with van der Waals surface area (Å²) >= 11 is 0. The van der Waals surface area contributed by atoms with E-state index < -0.39 is 0 Å². The van der Waals surface area contributed by atoms with Gasteiger partial charge in [0.1, 0.15) is 11.6 Å². The van der Waals surface area contributed by atoms with Crippen molar-refractivity contribution in [2.45, 2.75) is 77.8 Å². The predicted molar refractivity (Wildman–Crippen MR) is 91.1 cm³/mol. The molecule has 0 saturated carbocycles. The first kappa shape index (κ1) is 17.6. The molecule has 3 heterocycles. The Morgan fingerprint density at radius 2 is 2.08 bits per heavy atom. The van der Waals surface area contributed by atoms with Crippen molar-refractivity contribution >= 4 is 5.91 Å². The zero-order valence-electron chi connectivity index (χ0n) is 15.3. The molecular weight excluding hydrogens is 320 g/mol. The molecule has 0 spiro atoms. The van der Waals surface area contributed by atoms with Crippen LogP contribution in [0.4, 0.5) is 0 Å². The summed E-state index contributed by atoms with van der Waals surface area (Å²) in [5, 5.41) is 15.6. The van der Waals surface area contributed by atoms with E-state index in [0.29, 0.717) is 30.5 Å². The molecule has 136 valence electrons. The Balaban J connectivity index is 1.52. The molecule has 2 aromatic heterocycles. The third-order valence-electron chi connectivity index (χ3n) is 4.42. The van der Waals surface area contributed by atoms with Crippen molar-refractivity contribution in [3.8, 4) is 0 Å². The highest BCUT2D eigenvalue weighted by Gasteiger charge is 2.25. The minimum atomic E-state index is 0.0110. The largest absolute Gasteiger partial charge is 0.352 e. The van der Waals surface area contributed by atoms with Gasteiger partial charge in [0, 0.05) is 43.7 Å². The average molecular weight is 346 g/mol. The Labute approximate surface area is 147 Å². The number of aromatic nitrogens is 5. The molecule has 0 aromatic carbocycles. The molecule has 8 heteroatoms. The molecule has 1 unspecified atom stereocenters. The highest BCUT2D eigenvalue weighted by molar-refractivity contribution is 5.76. The lowest BCUT2D eigenvalue weighted by Gasteiger charge is -2.25. The summed E-state index contributed by atoms with van der Waals surface area (Å²) < 4.78 is 7.33. The summed E-state index contributed by atoms with van der Waals surface area (Å²) in [6, 6.07) is 0.113. The molecule has 1 N–H and O–H groups in total. The Bertz CT molecular complexity index is 733. The molecule has 0 aliphatic carbocycles. The first-order valence-electron chi connectivity index (χ1n) is 8.97. The Morgan fingerprint density at radius 1 is 1.28 bits per heavy atom. The lowest BCUT2D eigenvalue weighted by atomic mass is 10.1. The summed E-state index contributed by atoms with van der Waals surface area (Å²) in [7, 11) is 0. The number of carbonyl (C=O) groups is 1. The maximum Gasteiger partial charge on any atom is 0.227 e. The number of carbonyl (C=O) groups excluding carboxylic acids is 1. The summed E-state index contributed by atoms with van der Waals surface area (Å²) in [6.07, 6.45) is 2.54. The third kappa shape index (κ3) is 4.05. The second-order valence-electron chi connectivity index (χ2n) is 7.24. The second kappa shape index (κ2) is 7.33. The van der Waals surface area contributed by atoms with Crippen molar-refractivity contribution in [3.05, 3.63) is 23.4 Å².